The highest BCUT2D eigenvalue weighted by Gasteiger charge is 2.10. The van der Waals surface area contributed by atoms with Crippen LogP contribution in [0.3, 0.4) is 0 Å². The average molecular weight is 266 g/mol. The minimum absolute atomic E-state index is 0.0766. The van der Waals surface area contributed by atoms with Gasteiger partial charge in [0.25, 0.3) is 0 Å². The minimum atomic E-state index is -1.04. The first-order chi connectivity index (χ1) is 8.95. The number of aromatic carboxylic acids is 1. The molecular weight excluding hydrogens is 244 g/mol. The lowest BCUT2D eigenvalue weighted by atomic mass is 10.2. The van der Waals surface area contributed by atoms with E-state index in [0.29, 0.717) is 18.4 Å². The molecule has 1 aromatic rings. The van der Waals surface area contributed by atoms with E-state index in [-0.39, 0.29) is 11.3 Å². The Morgan fingerprint density at radius 1 is 1.63 bits per heavy atom. The Bertz CT molecular complexity index is 437. The van der Waals surface area contributed by atoms with Gasteiger partial charge in [0.15, 0.2) is 0 Å². The maximum Gasteiger partial charge on any atom is 0.337 e. The number of hydrogen-bond acceptors (Lipinski definition) is 5. The van der Waals surface area contributed by atoms with Crippen LogP contribution in [-0.4, -0.2) is 47.1 Å². The van der Waals surface area contributed by atoms with Gasteiger partial charge in [-0.3, -0.25) is 0 Å². The van der Waals surface area contributed by atoms with Crippen LogP contribution in [0.2, 0.25) is 0 Å². The zero-order chi connectivity index (χ0) is 14.4. The van der Waals surface area contributed by atoms with Gasteiger partial charge in [-0.05, 0) is 26.5 Å². The molecule has 1 heterocycles. The first-order valence-electron chi connectivity index (χ1n) is 6.38. The van der Waals surface area contributed by atoms with E-state index in [1.54, 1.807) is 0 Å². The van der Waals surface area contributed by atoms with Crippen molar-refractivity contribution in [3.8, 4) is 0 Å². The number of likely N-dealkylation sites (N-methyl/N-ethyl adjacent to an activating group) is 1. The fourth-order valence-electron chi connectivity index (χ4n) is 1.64. The predicted octanol–water partition coefficient (Wildman–Crippen LogP) is 1.50. The summed E-state index contributed by atoms with van der Waals surface area (Å²) in [4.78, 5) is 17.2. The minimum Gasteiger partial charge on any atom is -0.478 e. The number of carboxylic acids is 1. The van der Waals surface area contributed by atoms with E-state index in [1.807, 2.05) is 0 Å². The number of rotatable bonds is 7. The largest absolute Gasteiger partial charge is 0.478 e. The maximum absolute atomic E-state index is 10.9. The molecule has 1 atom stereocenters. The third-order valence-electron chi connectivity index (χ3n) is 3.28. The second-order valence-electron chi connectivity index (χ2n) is 4.63. The molecule has 0 aliphatic carbocycles. The van der Waals surface area contributed by atoms with E-state index < -0.39 is 5.97 Å². The third kappa shape index (κ3) is 4.40. The molecule has 0 amide bonds. The SMILES string of the molecule is CCC(C)N(C)CCNc1cc(C(=O)O)c(N)cn1. The molecule has 1 rings (SSSR count). The Labute approximate surface area is 113 Å². The van der Waals surface area contributed by atoms with Gasteiger partial charge in [0.2, 0.25) is 0 Å². The molecule has 6 nitrogen and oxygen atoms in total. The van der Waals surface area contributed by atoms with E-state index in [4.69, 9.17) is 10.8 Å². The van der Waals surface area contributed by atoms with Gasteiger partial charge in [0.05, 0.1) is 17.4 Å². The van der Waals surface area contributed by atoms with Gasteiger partial charge >= 0.3 is 5.97 Å². The first-order valence-corrected chi connectivity index (χ1v) is 6.38. The van der Waals surface area contributed by atoms with Gasteiger partial charge in [-0.2, -0.15) is 0 Å². The number of nitrogen functional groups attached to an aromatic ring is 1. The molecule has 0 aliphatic heterocycles. The lowest BCUT2D eigenvalue weighted by Crippen LogP contribution is -2.32. The van der Waals surface area contributed by atoms with Crippen molar-refractivity contribution in [1.82, 2.24) is 9.88 Å². The molecule has 1 unspecified atom stereocenters. The Hall–Kier alpha value is -1.82. The number of hydrogen-bond donors (Lipinski definition) is 3. The summed E-state index contributed by atoms with van der Waals surface area (Å²) < 4.78 is 0. The van der Waals surface area contributed by atoms with Crippen molar-refractivity contribution in [2.45, 2.75) is 26.3 Å². The Morgan fingerprint density at radius 2 is 2.32 bits per heavy atom. The number of carbonyl (C=O) groups is 1. The smallest absolute Gasteiger partial charge is 0.337 e. The highest BCUT2D eigenvalue weighted by molar-refractivity contribution is 5.94. The number of carboxylic acid groups (broad SMARTS) is 1. The molecule has 1 aromatic heterocycles. The molecule has 0 saturated carbocycles. The molecule has 0 aromatic carbocycles. The molecule has 0 saturated heterocycles. The summed E-state index contributed by atoms with van der Waals surface area (Å²) >= 11 is 0. The van der Waals surface area contributed by atoms with Gasteiger partial charge < -0.3 is 21.1 Å². The topological polar surface area (TPSA) is 91.5 Å². The number of nitrogens with one attached hydrogen (secondary N) is 1. The van der Waals surface area contributed by atoms with E-state index >= 15 is 0 Å². The summed E-state index contributed by atoms with van der Waals surface area (Å²) in [5.41, 5.74) is 5.80. The van der Waals surface area contributed by atoms with Crippen LogP contribution in [0.25, 0.3) is 0 Å². The zero-order valence-corrected chi connectivity index (χ0v) is 11.7. The van der Waals surface area contributed by atoms with Gasteiger partial charge in [-0.15, -0.1) is 0 Å². The van der Waals surface area contributed by atoms with Crippen LogP contribution in [0.15, 0.2) is 12.3 Å². The molecule has 19 heavy (non-hydrogen) atoms. The third-order valence-corrected chi connectivity index (χ3v) is 3.28. The molecule has 0 bridgehead atoms. The summed E-state index contributed by atoms with van der Waals surface area (Å²) in [6.45, 7) is 5.89. The highest BCUT2D eigenvalue weighted by Crippen LogP contribution is 2.14. The molecule has 0 aliphatic rings. The average Bonchev–Trinajstić information content (AvgIpc) is 2.39. The van der Waals surface area contributed by atoms with Gasteiger partial charge in [-0.1, -0.05) is 6.92 Å². The summed E-state index contributed by atoms with van der Waals surface area (Å²) in [6, 6.07) is 1.98. The number of aromatic nitrogens is 1. The van der Waals surface area contributed by atoms with Crippen molar-refractivity contribution in [2.75, 3.05) is 31.2 Å². The number of nitrogens with zero attached hydrogens (tertiary/aromatic N) is 2. The summed E-state index contributed by atoms with van der Waals surface area (Å²) in [5.74, 6) is -0.510. The number of pyridine rings is 1. The van der Waals surface area contributed by atoms with Crippen LogP contribution in [0.4, 0.5) is 11.5 Å². The second-order valence-corrected chi connectivity index (χ2v) is 4.63. The van der Waals surface area contributed by atoms with Crippen LogP contribution in [0, 0.1) is 0 Å². The standard InChI is InChI=1S/C13H22N4O2/c1-4-9(2)17(3)6-5-15-12-7-10(13(18)19)11(14)8-16-12/h7-9H,4-6,14H2,1-3H3,(H,15,16)(H,18,19). The van der Waals surface area contributed by atoms with Crippen LogP contribution in [-0.2, 0) is 0 Å². The molecule has 106 valence electrons. The van der Waals surface area contributed by atoms with Crippen molar-refractivity contribution in [1.29, 1.82) is 0 Å². The van der Waals surface area contributed by atoms with Crippen LogP contribution < -0.4 is 11.1 Å². The quantitative estimate of drug-likeness (QED) is 0.693. The normalized spacial score (nSPS) is 12.4. The lowest BCUT2D eigenvalue weighted by Gasteiger charge is -2.23. The predicted molar refractivity (Wildman–Crippen MR) is 76.5 cm³/mol. The number of anilines is 2. The van der Waals surface area contributed by atoms with E-state index in [0.717, 1.165) is 13.0 Å². The molecule has 6 heteroatoms. The Morgan fingerprint density at radius 3 is 2.89 bits per heavy atom. The van der Waals surface area contributed by atoms with Crippen molar-refractivity contribution >= 4 is 17.5 Å². The zero-order valence-electron chi connectivity index (χ0n) is 11.7. The molecule has 4 N–H and O–H groups in total. The highest BCUT2D eigenvalue weighted by atomic mass is 16.4. The monoisotopic (exact) mass is 266 g/mol. The summed E-state index contributed by atoms with van der Waals surface area (Å²) in [5, 5.41) is 12.1. The van der Waals surface area contributed by atoms with Gasteiger partial charge in [0, 0.05) is 19.1 Å². The van der Waals surface area contributed by atoms with E-state index in [9.17, 15) is 4.79 Å². The van der Waals surface area contributed by atoms with Gasteiger partial charge in [0.1, 0.15) is 5.82 Å². The fourth-order valence-corrected chi connectivity index (χ4v) is 1.64. The van der Waals surface area contributed by atoms with Crippen molar-refractivity contribution in [2.24, 2.45) is 0 Å². The van der Waals surface area contributed by atoms with Crippen LogP contribution >= 0.6 is 0 Å². The van der Waals surface area contributed by atoms with Crippen LogP contribution in [0.5, 0.6) is 0 Å². The Balaban J connectivity index is 2.54. The summed E-state index contributed by atoms with van der Waals surface area (Å²) in [7, 11) is 2.06. The second kappa shape index (κ2) is 6.94. The van der Waals surface area contributed by atoms with E-state index in [2.05, 4.69) is 36.1 Å². The Kier molecular flexibility index (Phi) is 5.57. The van der Waals surface area contributed by atoms with Crippen molar-refractivity contribution < 1.29 is 9.90 Å². The molecule has 0 radical (unpaired) electrons. The van der Waals surface area contributed by atoms with Crippen LogP contribution in [0.1, 0.15) is 30.6 Å². The number of nitrogens with two attached hydrogens (primary N) is 1. The maximum atomic E-state index is 10.9. The molecular formula is C13H22N4O2. The summed E-state index contributed by atoms with van der Waals surface area (Å²) in [6.07, 6.45) is 2.46. The molecule has 0 fully saturated rings. The van der Waals surface area contributed by atoms with Crippen molar-refractivity contribution in [3.63, 3.8) is 0 Å². The first kappa shape index (κ1) is 15.2. The van der Waals surface area contributed by atoms with Crippen molar-refractivity contribution in [3.05, 3.63) is 17.8 Å². The lowest BCUT2D eigenvalue weighted by molar-refractivity contribution is 0.0698. The van der Waals surface area contributed by atoms with Gasteiger partial charge in [-0.25, -0.2) is 9.78 Å². The fraction of sp³-hybridized carbons (Fsp3) is 0.538. The van der Waals surface area contributed by atoms with E-state index in [1.165, 1.54) is 12.3 Å². The molecule has 0 spiro atoms.